The smallest absolute Gasteiger partial charge is 0.145 e. The molecule has 51 valence electrons. The summed E-state index contributed by atoms with van der Waals surface area (Å²) >= 11 is 0. The summed E-state index contributed by atoms with van der Waals surface area (Å²) in [5, 5.41) is 0. The van der Waals surface area contributed by atoms with Crippen LogP contribution in [0.2, 0.25) is 0 Å². The zero-order valence-corrected chi connectivity index (χ0v) is 5.74. The van der Waals surface area contributed by atoms with Crippen molar-refractivity contribution >= 4 is 0 Å². The maximum atomic E-state index is 5.08. The highest BCUT2D eigenvalue weighted by atomic mass is 16.5. The van der Waals surface area contributed by atoms with Crippen LogP contribution in [0.5, 0.6) is 5.75 Å². The Kier molecular flexibility index (Phi) is 2.49. The Labute approximate surface area is 60.2 Å². The minimum atomic E-state index is 0.709. The van der Waals surface area contributed by atoms with Crippen LogP contribution in [0.4, 0.5) is 0 Å². The van der Waals surface area contributed by atoms with Crippen LogP contribution in [0.1, 0.15) is 6.92 Å². The van der Waals surface area contributed by atoms with Crippen LogP contribution >= 0.6 is 0 Å². The number of nitrogens with zero attached hydrogens (tertiary/aromatic N) is 1. The molecule has 0 atom stereocenters. The third-order valence-corrected chi connectivity index (χ3v) is 0.917. The SMILES string of the molecule is C/C=C\Oc1c[c]cnc1. The van der Waals surface area contributed by atoms with Crippen molar-refractivity contribution in [2.75, 3.05) is 0 Å². The van der Waals surface area contributed by atoms with E-state index in [-0.39, 0.29) is 0 Å². The number of ether oxygens (including phenoxy) is 1. The first kappa shape index (κ1) is 6.81. The molecular weight excluding hydrogens is 126 g/mol. The lowest BCUT2D eigenvalue weighted by atomic mass is 10.5. The second-order valence-corrected chi connectivity index (χ2v) is 1.71. The summed E-state index contributed by atoms with van der Waals surface area (Å²) in [7, 11) is 0. The van der Waals surface area contributed by atoms with Gasteiger partial charge in [-0.3, -0.25) is 4.98 Å². The second-order valence-electron chi connectivity index (χ2n) is 1.71. The van der Waals surface area contributed by atoms with Crippen LogP contribution in [0.3, 0.4) is 0 Å². The molecule has 0 amide bonds. The van der Waals surface area contributed by atoms with Crippen LogP contribution < -0.4 is 4.74 Å². The zero-order valence-electron chi connectivity index (χ0n) is 5.74. The molecule has 0 fully saturated rings. The molecule has 0 spiro atoms. The van der Waals surface area contributed by atoms with Gasteiger partial charge >= 0.3 is 0 Å². The molecule has 0 N–H and O–H groups in total. The highest BCUT2D eigenvalue weighted by molar-refractivity contribution is 5.15. The lowest BCUT2D eigenvalue weighted by Crippen LogP contribution is -1.80. The van der Waals surface area contributed by atoms with Gasteiger partial charge in [0.25, 0.3) is 0 Å². The average molecular weight is 134 g/mol. The molecule has 0 unspecified atom stereocenters. The van der Waals surface area contributed by atoms with Gasteiger partial charge in [-0.1, -0.05) is 6.08 Å². The Balaban J connectivity index is 2.59. The molecule has 0 saturated carbocycles. The molecule has 0 aliphatic heterocycles. The largest absolute Gasteiger partial charge is 0.464 e. The van der Waals surface area contributed by atoms with E-state index in [4.69, 9.17) is 4.74 Å². The molecule has 2 nitrogen and oxygen atoms in total. The number of rotatable bonds is 2. The lowest BCUT2D eigenvalue weighted by Gasteiger charge is -1.95. The van der Waals surface area contributed by atoms with Crippen molar-refractivity contribution in [3.63, 3.8) is 0 Å². The van der Waals surface area contributed by atoms with E-state index < -0.39 is 0 Å². The summed E-state index contributed by atoms with van der Waals surface area (Å²) in [6, 6.07) is 4.53. The van der Waals surface area contributed by atoms with E-state index in [2.05, 4.69) is 11.1 Å². The van der Waals surface area contributed by atoms with E-state index in [0.29, 0.717) is 5.75 Å². The van der Waals surface area contributed by atoms with Crippen molar-refractivity contribution in [3.8, 4) is 5.75 Å². The van der Waals surface area contributed by atoms with Crippen molar-refractivity contribution < 1.29 is 4.74 Å². The van der Waals surface area contributed by atoms with Gasteiger partial charge in [0, 0.05) is 12.3 Å². The highest BCUT2D eigenvalue weighted by Gasteiger charge is 1.84. The van der Waals surface area contributed by atoms with Crippen molar-refractivity contribution in [1.29, 1.82) is 0 Å². The Bertz CT molecular complexity index is 206. The number of pyridine rings is 1. The lowest BCUT2D eigenvalue weighted by molar-refractivity contribution is 0.478. The first-order chi connectivity index (χ1) is 4.93. The Hall–Kier alpha value is -1.31. The molecule has 1 aromatic heterocycles. The highest BCUT2D eigenvalue weighted by Crippen LogP contribution is 2.04. The third kappa shape index (κ3) is 1.90. The number of aromatic nitrogens is 1. The fraction of sp³-hybridized carbons (Fsp3) is 0.125. The molecule has 1 rings (SSSR count). The van der Waals surface area contributed by atoms with E-state index in [1.807, 2.05) is 13.0 Å². The Morgan fingerprint density at radius 3 is 3.20 bits per heavy atom. The van der Waals surface area contributed by atoms with E-state index in [0.717, 1.165) is 0 Å². The Morgan fingerprint density at radius 1 is 1.70 bits per heavy atom. The van der Waals surface area contributed by atoms with Crippen LogP contribution in [0.15, 0.2) is 30.8 Å². The summed E-state index contributed by atoms with van der Waals surface area (Å²) in [5.74, 6) is 0.709. The monoisotopic (exact) mass is 134 g/mol. The van der Waals surface area contributed by atoms with E-state index in [9.17, 15) is 0 Å². The minimum Gasteiger partial charge on any atom is -0.464 e. The summed E-state index contributed by atoms with van der Waals surface area (Å²) in [5.41, 5.74) is 0. The first-order valence-corrected chi connectivity index (χ1v) is 3.02. The van der Waals surface area contributed by atoms with Gasteiger partial charge in [-0.2, -0.15) is 0 Å². The van der Waals surface area contributed by atoms with E-state index in [1.165, 1.54) is 0 Å². The number of hydrogen-bond donors (Lipinski definition) is 0. The number of allylic oxidation sites excluding steroid dienone is 1. The van der Waals surface area contributed by atoms with Crippen LogP contribution in [-0.4, -0.2) is 4.98 Å². The van der Waals surface area contributed by atoms with Crippen LogP contribution in [-0.2, 0) is 0 Å². The van der Waals surface area contributed by atoms with Gasteiger partial charge in [0.15, 0.2) is 0 Å². The molecule has 0 aliphatic rings. The summed E-state index contributed by atoms with van der Waals surface area (Å²) in [4.78, 5) is 3.82. The van der Waals surface area contributed by atoms with E-state index in [1.54, 1.807) is 24.7 Å². The van der Waals surface area contributed by atoms with Gasteiger partial charge in [-0.15, -0.1) is 0 Å². The minimum absolute atomic E-state index is 0.709. The molecule has 1 aromatic rings. The van der Waals surface area contributed by atoms with Gasteiger partial charge in [-0.25, -0.2) is 0 Å². The maximum Gasteiger partial charge on any atom is 0.145 e. The number of hydrogen-bond acceptors (Lipinski definition) is 2. The topological polar surface area (TPSA) is 22.1 Å². The van der Waals surface area contributed by atoms with Gasteiger partial charge < -0.3 is 4.74 Å². The van der Waals surface area contributed by atoms with Gasteiger partial charge in [0.2, 0.25) is 0 Å². The normalized spacial score (nSPS) is 10.1. The van der Waals surface area contributed by atoms with Crippen molar-refractivity contribution in [1.82, 2.24) is 4.98 Å². The molecular formula is C8H8NO. The van der Waals surface area contributed by atoms with Crippen LogP contribution in [0, 0.1) is 6.07 Å². The maximum absolute atomic E-state index is 5.08. The molecule has 0 aliphatic carbocycles. The average Bonchev–Trinajstić information content (AvgIpc) is 2.03. The molecule has 0 aromatic carbocycles. The quantitative estimate of drug-likeness (QED) is 0.575. The molecule has 10 heavy (non-hydrogen) atoms. The standard InChI is InChI=1S/C8H8NO/c1-2-6-10-8-4-3-5-9-7-8/h2,4-7H,1H3/b6-2-. The summed E-state index contributed by atoms with van der Waals surface area (Å²) in [6.07, 6.45) is 6.64. The van der Waals surface area contributed by atoms with Gasteiger partial charge in [-0.05, 0) is 13.0 Å². The predicted molar refractivity (Wildman–Crippen MR) is 38.5 cm³/mol. The Morgan fingerprint density at radius 2 is 2.60 bits per heavy atom. The predicted octanol–water partition coefficient (Wildman–Crippen LogP) is 1.79. The first-order valence-electron chi connectivity index (χ1n) is 3.02. The zero-order chi connectivity index (χ0) is 7.23. The fourth-order valence-electron chi connectivity index (χ4n) is 0.521. The third-order valence-electron chi connectivity index (χ3n) is 0.917. The summed E-state index contributed by atoms with van der Waals surface area (Å²) in [6.45, 7) is 1.89. The van der Waals surface area contributed by atoms with Crippen LogP contribution in [0.25, 0.3) is 0 Å². The molecule has 1 radical (unpaired) electrons. The summed E-state index contributed by atoms with van der Waals surface area (Å²) < 4.78 is 5.08. The van der Waals surface area contributed by atoms with Gasteiger partial charge in [0.1, 0.15) is 5.75 Å². The molecule has 2 heteroatoms. The molecule has 0 bridgehead atoms. The van der Waals surface area contributed by atoms with Crippen molar-refractivity contribution in [2.45, 2.75) is 6.92 Å². The van der Waals surface area contributed by atoms with Gasteiger partial charge in [0.05, 0.1) is 12.5 Å². The van der Waals surface area contributed by atoms with Crippen molar-refractivity contribution in [3.05, 3.63) is 36.9 Å². The molecule has 1 heterocycles. The molecule has 0 saturated heterocycles. The van der Waals surface area contributed by atoms with Crippen molar-refractivity contribution in [2.24, 2.45) is 0 Å². The second kappa shape index (κ2) is 3.67. The fourth-order valence-corrected chi connectivity index (χ4v) is 0.521. The van der Waals surface area contributed by atoms with E-state index >= 15 is 0 Å².